The van der Waals surface area contributed by atoms with E-state index in [9.17, 15) is 4.79 Å². The second-order valence-electron chi connectivity index (χ2n) is 3.90. The maximum atomic E-state index is 11.5. The van der Waals surface area contributed by atoms with Crippen LogP contribution in [-0.2, 0) is 11.3 Å². The Bertz CT molecular complexity index is 507. The summed E-state index contributed by atoms with van der Waals surface area (Å²) < 4.78 is 1.74. The van der Waals surface area contributed by atoms with Gasteiger partial charge >= 0.3 is 0 Å². The zero-order chi connectivity index (χ0) is 13.0. The number of aromatic nitrogens is 3. The van der Waals surface area contributed by atoms with Crippen LogP contribution in [0, 0.1) is 0 Å². The first-order valence-electron chi connectivity index (χ1n) is 5.51. The van der Waals surface area contributed by atoms with Crippen molar-refractivity contribution in [2.75, 3.05) is 5.32 Å². The molecule has 2 aromatic rings. The molecular weight excluding hydrogens is 296 g/mol. The third-order valence-electron chi connectivity index (χ3n) is 2.39. The molecular formula is C12H13BrN4O. The summed E-state index contributed by atoms with van der Waals surface area (Å²) in [5.41, 5.74) is 1.89. The van der Waals surface area contributed by atoms with Gasteiger partial charge in [0.25, 0.3) is 0 Å². The van der Waals surface area contributed by atoms with Crippen molar-refractivity contribution in [3.8, 4) is 0 Å². The molecule has 1 amide bonds. The molecule has 1 unspecified atom stereocenters. The molecule has 1 atom stereocenters. The van der Waals surface area contributed by atoms with E-state index in [0.717, 1.165) is 11.3 Å². The minimum absolute atomic E-state index is 0.0565. The summed E-state index contributed by atoms with van der Waals surface area (Å²) in [7, 11) is 0. The molecule has 0 radical (unpaired) electrons. The van der Waals surface area contributed by atoms with Gasteiger partial charge in [0.15, 0.2) is 0 Å². The summed E-state index contributed by atoms with van der Waals surface area (Å²) in [5.74, 6) is -0.0565. The van der Waals surface area contributed by atoms with Crippen LogP contribution in [0.2, 0.25) is 0 Å². The van der Waals surface area contributed by atoms with E-state index in [1.54, 1.807) is 17.9 Å². The van der Waals surface area contributed by atoms with Crippen LogP contribution in [-0.4, -0.2) is 25.5 Å². The summed E-state index contributed by atoms with van der Waals surface area (Å²) in [4.78, 5) is 15.2. The lowest BCUT2D eigenvalue weighted by Gasteiger charge is -2.07. The van der Waals surface area contributed by atoms with Crippen LogP contribution in [0.25, 0.3) is 0 Å². The number of hydrogen-bond acceptors (Lipinski definition) is 3. The van der Waals surface area contributed by atoms with Crippen LogP contribution in [0.1, 0.15) is 12.5 Å². The zero-order valence-electron chi connectivity index (χ0n) is 9.88. The lowest BCUT2D eigenvalue weighted by molar-refractivity contribution is -0.115. The van der Waals surface area contributed by atoms with Crippen molar-refractivity contribution < 1.29 is 4.79 Å². The van der Waals surface area contributed by atoms with Crippen LogP contribution in [0.4, 0.5) is 5.69 Å². The number of benzene rings is 1. The number of nitrogens with zero attached hydrogens (tertiary/aromatic N) is 3. The average Bonchev–Trinajstić information content (AvgIpc) is 2.84. The van der Waals surface area contributed by atoms with Crippen LogP contribution in [0.3, 0.4) is 0 Å². The Hall–Kier alpha value is -1.69. The van der Waals surface area contributed by atoms with Gasteiger partial charge in [-0.15, -0.1) is 0 Å². The van der Waals surface area contributed by atoms with Gasteiger partial charge in [-0.25, -0.2) is 9.67 Å². The van der Waals surface area contributed by atoms with E-state index in [2.05, 4.69) is 31.3 Å². The van der Waals surface area contributed by atoms with Crippen LogP contribution in [0.5, 0.6) is 0 Å². The number of carbonyl (C=O) groups is 1. The van der Waals surface area contributed by atoms with E-state index in [-0.39, 0.29) is 10.7 Å². The number of halogens is 1. The van der Waals surface area contributed by atoms with E-state index in [1.165, 1.54) is 6.33 Å². The van der Waals surface area contributed by atoms with Crippen molar-refractivity contribution in [1.82, 2.24) is 14.8 Å². The van der Waals surface area contributed by atoms with Crippen molar-refractivity contribution in [2.24, 2.45) is 0 Å². The van der Waals surface area contributed by atoms with Gasteiger partial charge in [0.2, 0.25) is 5.91 Å². The highest BCUT2D eigenvalue weighted by Gasteiger charge is 2.08. The zero-order valence-corrected chi connectivity index (χ0v) is 11.5. The first kappa shape index (κ1) is 12.8. The molecule has 0 aliphatic carbocycles. The van der Waals surface area contributed by atoms with Crippen molar-refractivity contribution in [3.05, 3.63) is 42.5 Å². The Morgan fingerprint density at radius 1 is 1.44 bits per heavy atom. The Labute approximate surface area is 113 Å². The minimum atomic E-state index is -0.202. The highest BCUT2D eigenvalue weighted by Crippen LogP contribution is 2.12. The number of carbonyl (C=O) groups excluding carboxylic acids is 1. The third-order valence-corrected chi connectivity index (χ3v) is 2.81. The number of hydrogen-bond donors (Lipinski definition) is 1. The first-order valence-corrected chi connectivity index (χ1v) is 6.43. The maximum Gasteiger partial charge on any atom is 0.237 e. The molecule has 0 bridgehead atoms. The van der Waals surface area contributed by atoms with Gasteiger partial charge in [0.05, 0.1) is 11.4 Å². The van der Waals surface area contributed by atoms with Gasteiger partial charge in [-0.1, -0.05) is 28.1 Å². The maximum absolute atomic E-state index is 11.5. The van der Waals surface area contributed by atoms with Crippen LogP contribution in [0.15, 0.2) is 36.9 Å². The first-order chi connectivity index (χ1) is 8.65. The SMILES string of the molecule is CC(Br)C(=O)Nc1ccc(Cn2cncn2)cc1. The molecule has 18 heavy (non-hydrogen) atoms. The number of anilines is 1. The van der Waals surface area contributed by atoms with E-state index >= 15 is 0 Å². The van der Waals surface area contributed by atoms with Crippen LogP contribution >= 0.6 is 15.9 Å². The third kappa shape index (κ3) is 3.40. The summed E-state index contributed by atoms with van der Waals surface area (Å²) in [6.45, 7) is 2.46. The fraction of sp³-hybridized carbons (Fsp3) is 0.250. The molecule has 0 aliphatic rings. The van der Waals surface area contributed by atoms with Gasteiger partial charge in [0.1, 0.15) is 12.7 Å². The van der Waals surface area contributed by atoms with Gasteiger partial charge < -0.3 is 5.32 Å². The van der Waals surface area contributed by atoms with Crippen molar-refractivity contribution in [1.29, 1.82) is 0 Å². The minimum Gasteiger partial charge on any atom is -0.325 e. The predicted molar refractivity (Wildman–Crippen MR) is 72.6 cm³/mol. The predicted octanol–water partition coefficient (Wildman–Crippen LogP) is 2.05. The van der Waals surface area contributed by atoms with Crippen molar-refractivity contribution in [3.63, 3.8) is 0 Å². The Kier molecular flexibility index (Phi) is 4.09. The molecule has 1 N–H and O–H groups in total. The summed E-state index contributed by atoms with van der Waals surface area (Å²) in [6, 6.07) is 7.66. The molecule has 0 spiro atoms. The molecule has 94 valence electrons. The normalized spacial score (nSPS) is 12.1. The lowest BCUT2D eigenvalue weighted by atomic mass is 10.2. The quantitative estimate of drug-likeness (QED) is 0.879. The molecule has 6 heteroatoms. The summed E-state index contributed by atoms with van der Waals surface area (Å²) >= 11 is 3.22. The van der Waals surface area contributed by atoms with Gasteiger partial charge in [0, 0.05) is 5.69 Å². The molecule has 5 nitrogen and oxygen atoms in total. The fourth-order valence-electron chi connectivity index (χ4n) is 1.44. The molecule has 1 aromatic carbocycles. The smallest absolute Gasteiger partial charge is 0.237 e. The molecule has 0 saturated carbocycles. The lowest BCUT2D eigenvalue weighted by Crippen LogP contribution is -2.19. The van der Waals surface area contributed by atoms with Gasteiger partial charge in [-0.05, 0) is 24.6 Å². The Morgan fingerprint density at radius 2 is 2.17 bits per heavy atom. The molecule has 1 aromatic heterocycles. The largest absolute Gasteiger partial charge is 0.325 e. The number of rotatable bonds is 4. The Balaban J connectivity index is 1.99. The highest BCUT2D eigenvalue weighted by molar-refractivity contribution is 9.10. The molecule has 0 fully saturated rings. The summed E-state index contributed by atoms with van der Waals surface area (Å²) in [6.07, 6.45) is 3.17. The standard InChI is InChI=1S/C12H13BrN4O/c1-9(13)12(18)16-11-4-2-10(3-5-11)6-17-8-14-7-15-17/h2-5,7-9H,6H2,1H3,(H,16,18). The van der Waals surface area contributed by atoms with E-state index in [1.807, 2.05) is 24.3 Å². The van der Waals surface area contributed by atoms with Crippen molar-refractivity contribution in [2.45, 2.75) is 18.3 Å². The number of nitrogens with one attached hydrogen (secondary N) is 1. The highest BCUT2D eigenvalue weighted by atomic mass is 79.9. The number of amides is 1. The van der Waals surface area contributed by atoms with E-state index in [0.29, 0.717) is 6.54 Å². The Morgan fingerprint density at radius 3 is 2.72 bits per heavy atom. The second-order valence-corrected chi connectivity index (χ2v) is 5.27. The number of alkyl halides is 1. The van der Waals surface area contributed by atoms with Gasteiger partial charge in [-0.2, -0.15) is 5.10 Å². The molecule has 0 saturated heterocycles. The summed E-state index contributed by atoms with van der Waals surface area (Å²) in [5, 5.41) is 6.84. The average molecular weight is 309 g/mol. The topological polar surface area (TPSA) is 59.8 Å². The van der Waals surface area contributed by atoms with E-state index in [4.69, 9.17) is 0 Å². The van der Waals surface area contributed by atoms with E-state index < -0.39 is 0 Å². The van der Waals surface area contributed by atoms with Gasteiger partial charge in [-0.3, -0.25) is 4.79 Å². The molecule has 0 aliphatic heterocycles. The fourth-order valence-corrected chi connectivity index (χ4v) is 1.55. The second kappa shape index (κ2) is 5.77. The monoisotopic (exact) mass is 308 g/mol. The molecule has 1 heterocycles. The van der Waals surface area contributed by atoms with Crippen LogP contribution < -0.4 is 5.32 Å². The van der Waals surface area contributed by atoms with Crippen molar-refractivity contribution >= 4 is 27.5 Å². The molecule has 2 rings (SSSR count).